The van der Waals surface area contributed by atoms with E-state index >= 15 is 0 Å². The summed E-state index contributed by atoms with van der Waals surface area (Å²) < 4.78 is 12.5. The molecule has 4 nitrogen and oxygen atoms in total. The van der Waals surface area contributed by atoms with Crippen LogP contribution in [-0.2, 0) is 6.54 Å². The van der Waals surface area contributed by atoms with Crippen molar-refractivity contribution in [2.24, 2.45) is 5.73 Å². The molecule has 0 saturated heterocycles. The lowest BCUT2D eigenvalue weighted by Crippen LogP contribution is -2.00. The van der Waals surface area contributed by atoms with E-state index in [4.69, 9.17) is 15.2 Å². The van der Waals surface area contributed by atoms with Gasteiger partial charge < -0.3 is 15.2 Å². The SMILES string of the molecule is COc1cc(Br)c(Oc2cccc(CN)n2)cc1Br. The molecule has 1 aromatic carbocycles. The van der Waals surface area contributed by atoms with Gasteiger partial charge in [-0.3, -0.25) is 0 Å². The molecule has 0 spiro atoms. The largest absolute Gasteiger partial charge is 0.496 e. The van der Waals surface area contributed by atoms with Gasteiger partial charge in [-0.2, -0.15) is 0 Å². The molecular formula is C13H12Br2N2O2. The Morgan fingerprint density at radius 2 is 1.84 bits per heavy atom. The molecule has 0 radical (unpaired) electrons. The molecule has 1 aromatic heterocycles. The minimum absolute atomic E-state index is 0.380. The summed E-state index contributed by atoms with van der Waals surface area (Å²) in [4.78, 5) is 4.29. The molecule has 0 unspecified atom stereocenters. The summed E-state index contributed by atoms with van der Waals surface area (Å²) in [5.41, 5.74) is 6.33. The monoisotopic (exact) mass is 386 g/mol. The summed E-state index contributed by atoms with van der Waals surface area (Å²) in [5.74, 6) is 1.87. The average Bonchev–Trinajstić information content (AvgIpc) is 2.42. The summed E-state index contributed by atoms with van der Waals surface area (Å²) in [6.07, 6.45) is 0. The van der Waals surface area contributed by atoms with E-state index in [0.29, 0.717) is 18.2 Å². The standard InChI is InChI=1S/C13H12Br2N2O2/c1-18-11-5-10(15)12(6-9(11)14)19-13-4-2-3-8(7-16)17-13/h2-6H,7,16H2,1H3. The van der Waals surface area contributed by atoms with Crippen LogP contribution in [0.5, 0.6) is 17.4 Å². The van der Waals surface area contributed by atoms with E-state index in [2.05, 4.69) is 36.8 Å². The molecule has 0 aliphatic rings. The topological polar surface area (TPSA) is 57.4 Å². The Labute approximate surface area is 128 Å². The molecule has 0 amide bonds. The van der Waals surface area contributed by atoms with E-state index in [1.165, 1.54) is 0 Å². The van der Waals surface area contributed by atoms with E-state index in [0.717, 1.165) is 20.4 Å². The number of aromatic nitrogens is 1. The first-order valence-electron chi connectivity index (χ1n) is 5.51. The van der Waals surface area contributed by atoms with E-state index in [1.54, 1.807) is 13.2 Å². The highest BCUT2D eigenvalue weighted by Crippen LogP contribution is 2.37. The van der Waals surface area contributed by atoms with E-state index in [9.17, 15) is 0 Å². The first-order chi connectivity index (χ1) is 9.13. The minimum Gasteiger partial charge on any atom is -0.496 e. The van der Waals surface area contributed by atoms with Gasteiger partial charge in [-0.25, -0.2) is 4.98 Å². The third-order valence-electron chi connectivity index (χ3n) is 2.41. The van der Waals surface area contributed by atoms with Crippen molar-refractivity contribution in [3.63, 3.8) is 0 Å². The van der Waals surface area contributed by atoms with E-state index in [1.807, 2.05) is 24.3 Å². The van der Waals surface area contributed by atoms with Crippen molar-refractivity contribution < 1.29 is 9.47 Å². The Kier molecular flexibility index (Phi) is 4.79. The summed E-state index contributed by atoms with van der Waals surface area (Å²) >= 11 is 6.85. The molecule has 1 heterocycles. The molecule has 0 saturated carbocycles. The number of nitrogens with zero attached hydrogens (tertiary/aromatic N) is 1. The number of rotatable bonds is 4. The van der Waals surface area contributed by atoms with Crippen molar-refractivity contribution in [3.8, 4) is 17.4 Å². The average molecular weight is 388 g/mol. The lowest BCUT2D eigenvalue weighted by Gasteiger charge is -2.10. The Bertz CT molecular complexity index is 591. The summed E-state index contributed by atoms with van der Waals surface area (Å²) in [5, 5.41) is 0. The molecule has 2 aromatic rings. The molecule has 0 aliphatic carbocycles. The van der Waals surface area contributed by atoms with E-state index < -0.39 is 0 Å². The zero-order valence-corrected chi connectivity index (χ0v) is 13.4. The van der Waals surface area contributed by atoms with Crippen LogP contribution in [0.3, 0.4) is 0 Å². The number of halogens is 2. The predicted molar refractivity (Wildman–Crippen MR) is 80.6 cm³/mol. The number of pyridine rings is 1. The lowest BCUT2D eigenvalue weighted by atomic mass is 10.3. The second-order valence-electron chi connectivity index (χ2n) is 3.69. The van der Waals surface area contributed by atoms with Crippen LogP contribution in [0.2, 0.25) is 0 Å². The maximum Gasteiger partial charge on any atom is 0.219 e. The quantitative estimate of drug-likeness (QED) is 0.865. The van der Waals surface area contributed by atoms with Crippen LogP contribution in [0, 0.1) is 0 Å². The number of nitrogens with two attached hydrogens (primary N) is 1. The fourth-order valence-corrected chi connectivity index (χ4v) is 2.37. The Balaban J connectivity index is 2.30. The summed E-state index contributed by atoms with van der Waals surface area (Å²) in [6, 6.07) is 9.14. The highest BCUT2D eigenvalue weighted by Gasteiger charge is 2.09. The molecule has 0 aliphatic heterocycles. The number of ether oxygens (including phenoxy) is 2. The molecule has 100 valence electrons. The Morgan fingerprint density at radius 1 is 1.16 bits per heavy atom. The molecule has 19 heavy (non-hydrogen) atoms. The van der Waals surface area contributed by atoms with Crippen LogP contribution in [0.4, 0.5) is 0 Å². The van der Waals surface area contributed by atoms with Crippen LogP contribution in [-0.4, -0.2) is 12.1 Å². The van der Waals surface area contributed by atoms with Crippen LogP contribution >= 0.6 is 31.9 Å². The molecule has 2 rings (SSSR count). The van der Waals surface area contributed by atoms with Crippen molar-refractivity contribution in [2.75, 3.05) is 7.11 Å². The molecule has 6 heteroatoms. The van der Waals surface area contributed by atoms with Crippen LogP contribution < -0.4 is 15.2 Å². The highest BCUT2D eigenvalue weighted by molar-refractivity contribution is 9.11. The summed E-state index contributed by atoms with van der Waals surface area (Å²) in [6.45, 7) is 0.380. The lowest BCUT2D eigenvalue weighted by molar-refractivity contribution is 0.408. The van der Waals surface area contributed by atoms with Gasteiger partial charge in [0, 0.05) is 12.6 Å². The molecule has 2 N–H and O–H groups in total. The van der Waals surface area contributed by atoms with Crippen molar-refractivity contribution in [2.45, 2.75) is 6.54 Å². The Morgan fingerprint density at radius 3 is 2.53 bits per heavy atom. The smallest absolute Gasteiger partial charge is 0.219 e. The predicted octanol–water partition coefficient (Wildman–Crippen LogP) is 3.87. The van der Waals surface area contributed by atoms with Gasteiger partial charge in [-0.15, -0.1) is 0 Å². The van der Waals surface area contributed by atoms with Gasteiger partial charge in [-0.05, 0) is 50.1 Å². The van der Waals surface area contributed by atoms with E-state index in [-0.39, 0.29) is 0 Å². The number of benzene rings is 1. The van der Waals surface area contributed by atoms with Gasteiger partial charge in [0.1, 0.15) is 11.5 Å². The molecule has 0 bridgehead atoms. The van der Waals surface area contributed by atoms with Crippen molar-refractivity contribution in [1.29, 1.82) is 0 Å². The third kappa shape index (κ3) is 3.46. The second-order valence-corrected chi connectivity index (χ2v) is 5.40. The molecule has 0 fully saturated rings. The number of hydrogen-bond acceptors (Lipinski definition) is 4. The fraction of sp³-hybridized carbons (Fsp3) is 0.154. The summed E-state index contributed by atoms with van der Waals surface area (Å²) in [7, 11) is 1.61. The van der Waals surface area contributed by atoms with Crippen molar-refractivity contribution >= 4 is 31.9 Å². The number of methoxy groups -OCH3 is 1. The number of hydrogen-bond donors (Lipinski definition) is 1. The van der Waals surface area contributed by atoms with Crippen LogP contribution in [0.15, 0.2) is 39.3 Å². The minimum atomic E-state index is 0.380. The zero-order chi connectivity index (χ0) is 13.8. The fourth-order valence-electron chi connectivity index (χ4n) is 1.49. The normalized spacial score (nSPS) is 10.3. The van der Waals surface area contributed by atoms with Gasteiger partial charge in [0.25, 0.3) is 0 Å². The van der Waals surface area contributed by atoms with Crippen LogP contribution in [0.25, 0.3) is 0 Å². The highest BCUT2D eigenvalue weighted by atomic mass is 79.9. The molecular weight excluding hydrogens is 376 g/mol. The van der Waals surface area contributed by atoms with Crippen molar-refractivity contribution in [3.05, 3.63) is 45.0 Å². The van der Waals surface area contributed by atoms with Gasteiger partial charge in [0.05, 0.1) is 21.7 Å². The van der Waals surface area contributed by atoms with Crippen LogP contribution in [0.1, 0.15) is 5.69 Å². The molecule has 0 atom stereocenters. The third-order valence-corrected chi connectivity index (χ3v) is 3.65. The maximum atomic E-state index is 5.73. The van der Waals surface area contributed by atoms with Gasteiger partial charge >= 0.3 is 0 Å². The second kappa shape index (κ2) is 6.36. The van der Waals surface area contributed by atoms with Gasteiger partial charge in [-0.1, -0.05) is 6.07 Å². The van der Waals surface area contributed by atoms with Crippen molar-refractivity contribution in [1.82, 2.24) is 4.98 Å². The Hall–Kier alpha value is -1.11. The first-order valence-corrected chi connectivity index (χ1v) is 7.09. The van der Waals surface area contributed by atoms with Gasteiger partial charge in [0.15, 0.2) is 0 Å². The first kappa shape index (κ1) is 14.3. The zero-order valence-electron chi connectivity index (χ0n) is 10.2. The maximum absolute atomic E-state index is 5.73. The van der Waals surface area contributed by atoms with Gasteiger partial charge in [0.2, 0.25) is 5.88 Å².